The van der Waals surface area contributed by atoms with Gasteiger partial charge in [-0.3, -0.25) is 9.69 Å². The number of aromatic nitrogens is 5. The van der Waals surface area contributed by atoms with Gasteiger partial charge in [0.15, 0.2) is 5.82 Å². The molecule has 0 spiro atoms. The Kier molecular flexibility index (Phi) is 4.86. The molecule has 0 bridgehead atoms. The maximum Gasteiger partial charge on any atom is 0.258 e. The van der Waals surface area contributed by atoms with Crippen LogP contribution >= 0.6 is 0 Å². The third kappa shape index (κ3) is 3.62. The van der Waals surface area contributed by atoms with Crippen LogP contribution in [0.3, 0.4) is 0 Å². The van der Waals surface area contributed by atoms with Crippen molar-refractivity contribution in [3.8, 4) is 16.9 Å². The summed E-state index contributed by atoms with van der Waals surface area (Å²) in [6, 6.07) is 10.2. The molecule has 0 aliphatic carbocycles. The van der Waals surface area contributed by atoms with E-state index in [0.29, 0.717) is 16.7 Å². The Morgan fingerprint density at radius 1 is 1.07 bits per heavy atom. The molecule has 3 aromatic heterocycles. The molecule has 0 unspecified atom stereocenters. The molecular weight excluding hydrogens is 378 g/mol. The van der Waals surface area contributed by atoms with Crippen LogP contribution in [0.1, 0.15) is 5.56 Å². The molecule has 0 atom stereocenters. The monoisotopic (exact) mass is 401 g/mol. The van der Waals surface area contributed by atoms with Gasteiger partial charge in [0.2, 0.25) is 0 Å². The lowest BCUT2D eigenvalue weighted by atomic mass is 10.1. The second-order valence-electron chi connectivity index (χ2n) is 7.72. The minimum atomic E-state index is -0.187. The van der Waals surface area contributed by atoms with Crippen molar-refractivity contribution in [3.63, 3.8) is 0 Å². The van der Waals surface area contributed by atoms with E-state index in [2.05, 4.69) is 61.2 Å². The maximum absolute atomic E-state index is 12.0. The summed E-state index contributed by atoms with van der Waals surface area (Å²) in [6.07, 6.45) is 6.75. The molecule has 8 nitrogen and oxygen atoms in total. The van der Waals surface area contributed by atoms with E-state index in [0.717, 1.165) is 43.9 Å². The highest BCUT2D eigenvalue weighted by Crippen LogP contribution is 2.23. The zero-order chi connectivity index (χ0) is 20.5. The fourth-order valence-electron chi connectivity index (χ4n) is 3.86. The van der Waals surface area contributed by atoms with Gasteiger partial charge in [-0.2, -0.15) is 5.10 Å². The minimum absolute atomic E-state index is 0.187. The van der Waals surface area contributed by atoms with Crippen molar-refractivity contribution in [3.05, 3.63) is 71.2 Å². The molecule has 152 valence electrons. The summed E-state index contributed by atoms with van der Waals surface area (Å²) in [5.74, 6) is 0.540. The molecule has 1 aliphatic rings. The lowest BCUT2D eigenvalue weighted by Crippen LogP contribution is -2.43. The summed E-state index contributed by atoms with van der Waals surface area (Å²) in [5, 5.41) is 4.98. The zero-order valence-corrected chi connectivity index (χ0v) is 16.8. The molecule has 1 aromatic carbocycles. The Hall–Kier alpha value is -3.36. The number of aromatic amines is 1. The van der Waals surface area contributed by atoms with E-state index in [4.69, 9.17) is 0 Å². The first-order chi connectivity index (χ1) is 14.7. The highest BCUT2D eigenvalue weighted by Gasteiger charge is 2.15. The quantitative estimate of drug-likeness (QED) is 0.563. The normalized spacial score (nSPS) is 15.6. The van der Waals surface area contributed by atoms with Gasteiger partial charge >= 0.3 is 0 Å². The summed E-state index contributed by atoms with van der Waals surface area (Å²) < 4.78 is 1.68. The molecule has 8 heteroatoms. The van der Waals surface area contributed by atoms with E-state index in [1.54, 1.807) is 16.9 Å². The number of H-pyrrole nitrogens is 1. The summed E-state index contributed by atoms with van der Waals surface area (Å²) in [5.41, 5.74) is 3.74. The van der Waals surface area contributed by atoms with Gasteiger partial charge in [0.05, 0.1) is 17.9 Å². The van der Waals surface area contributed by atoms with E-state index >= 15 is 0 Å². The standard InChI is InChI=1S/C22H23N7O/c1-27-7-9-28(10-8-27)13-16-3-2-4-17(11-16)18-12-26-29(14-18)21-20-19(5-6-23-21)22(30)25-15-24-20/h2-6,11-12,14-15H,7-10,13H2,1H3,(H,24,25,30). The van der Waals surface area contributed by atoms with E-state index in [-0.39, 0.29) is 5.56 Å². The number of hydrogen-bond donors (Lipinski definition) is 1. The zero-order valence-electron chi connectivity index (χ0n) is 16.8. The van der Waals surface area contributed by atoms with Crippen LogP contribution in [0, 0.1) is 0 Å². The molecular formula is C22H23N7O. The van der Waals surface area contributed by atoms with Crippen molar-refractivity contribution < 1.29 is 0 Å². The molecule has 1 fully saturated rings. The molecule has 5 rings (SSSR count). The van der Waals surface area contributed by atoms with Crippen LogP contribution in [0.2, 0.25) is 0 Å². The number of fused-ring (bicyclic) bond motifs is 1. The lowest BCUT2D eigenvalue weighted by molar-refractivity contribution is 0.148. The second-order valence-corrected chi connectivity index (χ2v) is 7.72. The maximum atomic E-state index is 12.0. The van der Waals surface area contributed by atoms with Gasteiger partial charge in [-0.1, -0.05) is 18.2 Å². The van der Waals surface area contributed by atoms with Crippen molar-refractivity contribution in [2.24, 2.45) is 0 Å². The third-order valence-corrected chi connectivity index (χ3v) is 5.60. The van der Waals surface area contributed by atoms with Crippen LogP contribution < -0.4 is 5.56 Å². The lowest BCUT2D eigenvalue weighted by Gasteiger charge is -2.32. The van der Waals surface area contributed by atoms with Crippen LogP contribution in [0.25, 0.3) is 27.8 Å². The smallest absolute Gasteiger partial charge is 0.258 e. The van der Waals surface area contributed by atoms with Gasteiger partial charge < -0.3 is 9.88 Å². The van der Waals surface area contributed by atoms with E-state index in [9.17, 15) is 4.79 Å². The van der Waals surface area contributed by atoms with Crippen molar-refractivity contribution in [1.82, 2.24) is 34.5 Å². The fraction of sp³-hybridized carbons (Fsp3) is 0.273. The van der Waals surface area contributed by atoms with Crippen LogP contribution in [0.5, 0.6) is 0 Å². The molecule has 4 aromatic rings. The number of likely N-dealkylation sites (N-methyl/N-ethyl adjacent to an activating group) is 1. The average Bonchev–Trinajstić information content (AvgIpc) is 3.26. The molecule has 0 radical (unpaired) electrons. The fourth-order valence-corrected chi connectivity index (χ4v) is 3.86. The van der Waals surface area contributed by atoms with Crippen molar-refractivity contribution in [2.45, 2.75) is 6.54 Å². The Bertz CT molecular complexity index is 1240. The Balaban J connectivity index is 1.43. The van der Waals surface area contributed by atoms with E-state index in [1.165, 1.54) is 11.9 Å². The van der Waals surface area contributed by atoms with E-state index in [1.807, 2.05) is 12.4 Å². The first-order valence-electron chi connectivity index (χ1n) is 10.0. The SMILES string of the molecule is CN1CCN(Cc2cccc(-c3cnn(-c4nccc5c(=O)[nH]cnc45)c3)c2)CC1. The topological polar surface area (TPSA) is 82.9 Å². The number of piperazine rings is 1. The molecule has 1 saturated heterocycles. The molecule has 0 saturated carbocycles. The average molecular weight is 401 g/mol. The van der Waals surface area contributed by atoms with Crippen LogP contribution in [-0.4, -0.2) is 67.8 Å². The van der Waals surface area contributed by atoms with Gasteiger partial charge in [-0.25, -0.2) is 14.6 Å². The van der Waals surface area contributed by atoms with Gasteiger partial charge in [0.1, 0.15) is 5.52 Å². The summed E-state index contributed by atoms with van der Waals surface area (Å²) >= 11 is 0. The summed E-state index contributed by atoms with van der Waals surface area (Å²) in [7, 11) is 2.17. The number of benzene rings is 1. The first-order valence-corrected chi connectivity index (χ1v) is 10.0. The highest BCUT2D eigenvalue weighted by molar-refractivity contribution is 5.83. The number of rotatable bonds is 4. The van der Waals surface area contributed by atoms with Gasteiger partial charge in [0, 0.05) is 50.7 Å². The van der Waals surface area contributed by atoms with Gasteiger partial charge in [-0.05, 0) is 30.3 Å². The van der Waals surface area contributed by atoms with Crippen molar-refractivity contribution >= 4 is 10.9 Å². The predicted octanol–water partition coefficient (Wildman–Crippen LogP) is 1.92. The van der Waals surface area contributed by atoms with Crippen LogP contribution in [0.4, 0.5) is 0 Å². The Morgan fingerprint density at radius 2 is 1.93 bits per heavy atom. The first kappa shape index (κ1) is 18.7. The third-order valence-electron chi connectivity index (χ3n) is 5.60. The van der Waals surface area contributed by atoms with Crippen molar-refractivity contribution in [1.29, 1.82) is 0 Å². The van der Waals surface area contributed by atoms with Crippen LogP contribution in [-0.2, 0) is 6.54 Å². The highest BCUT2D eigenvalue weighted by atomic mass is 16.1. The van der Waals surface area contributed by atoms with Crippen molar-refractivity contribution in [2.75, 3.05) is 33.2 Å². The van der Waals surface area contributed by atoms with Gasteiger partial charge in [-0.15, -0.1) is 0 Å². The predicted molar refractivity (Wildman–Crippen MR) is 115 cm³/mol. The van der Waals surface area contributed by atoms with Gasteiger partial charge in [0.25, 0.3) is 5.56 Å². The summed E-state index contributed by atoms with van der Waals surface area (Å²) in [4.78, 5) is 28.2. The van der Waals surface area contributed by atoms with E-state index < -0.39 is 0 Å². The molecule has 30 heavy (non-hydrogen) atoms. The summed E-state index contributed by atoms with van der Waals surface area (Å²) in [6.45, 7) is 5.37. The Labute approximate surface area is 173 Å². The van der Waals surface area contributed by atoms with Crippen LogP contribution in [0.15, 0.2) is 60.0 Å². The second kappa shape index (κ2) is 7.81. The molecule has 1 N–H and O–H groups in total. The minimum Gasteiger partial charge on any atom is -0.313 e. The number of hydrogen-bond acceptors (Lipinski definition) is 6. The number of nitrogens with zero attached hydrogens (tertiary/aromatic N) is 6. The number of pyridine rings is 1. The molecule has 1 aliphatic heterocycles. The molecule has 4 heterocycles. The Morgan fingerprint density at radius 3 is 2.80 bits per heavy atom. The number of nitrogens with one attached hydrogen (secondary N) is 1. The molecule has 0 amide bonds. The largest absolute Gasteiger partial charge is 0.313 e.